The van der Waals surface area contributed by atoms with Gasteiger partial charge in [0.15, 0.2) is 0 Å². The first kappa shape index (κ1) is 17.3. The predicted molar refractivity (Wildman–Crippen MR) is 98.2 cm³/mol. The van der Waals surface area contributed by atoms with Gasteiger partial charge in [0, 0.05) is 31.0 Å². The van der Waals surface area contributed by atoms with Gasteiger partial charge in [-0.15, -0.1) is 0 Å². The zero-order valence-corrected chi connectivity index (χ0v) is 15.2. The SMILES string of the molecule is O=C(NCc1ccncc1)C1C2CCC(C2)N1C(=O)NC1CCCCC1. The average Bonchev–Trinajstić information content (AvgIpc) is 3.29. The van der Waals surface area contributed by atoms with Gasteiger partial charge < -0.3 is 15.5 Å². The van der Waals surface area contributed by atoms with Crippen LogP contribution >= 0.6 is 0 Å². The topological polar surface area (TPSA) is 74.3 Å². The molecule has 2 bridgehead atoms. The van der Waals surface area contributed by atoms with Crippen molar-refractivity contribution < 1.29 is 9.59 Å². The number of hydrogen-bond donors (Lipinski definition) is 2. The molecular weight excluding hydrogens is 328 g/mol. The van der Waals surface area contributed by atoms with Crippen molar-refractivity contribution in [2.24, 2.45) is 5.92 Å². The Morgan fingerprint density at radius 3 is 2.62 bits per heavy atom. The van der Waals surface area contributed by atoms with Crippen molar-refractivity contribution in [1.29, 1.82) is 0 Å². The van der Waals surface area contributed by atoms with E-state index in [1.165, 1.54) is 19.3 Å². The van der Waals surface area contributed by atoms with E-state index in [4.69, 9.17) is 0 Å². The third kappa shape index (κ3) is 3.55. The molecule has 2 heterocycles. The van der Waals surface area contributed by atoms with E-state index in [1.807, 2.05) is 17.0 Å². The molecule has 4 rings (SSSR count). The van der Waals surface area contributed by atoms with Gasteiger partial charge in [0.25, 0.3) is 0 Å². The zero-order valence-electron chi connectivity index (χ0n) is 15.2. The average molecular weight is 356 g/mol. The number of likely N-dealkylation sites (tertiary alicyclic amines) is 1. The molecule has 3 atom stereocenters. The van der Waals surface area contributed by atoms with Gasteiger partial charge in [-0.3, -0.25) is 9.78 Å². The van der Waals surface area contributed by atoms with Gasteiger partial charge in [-0.25, -0.2) is 4.79 Å². The number of nitrogens with one attached hydrogen (secondary N) is 2. The Bertz CT molecular complexity index is 644. The monoisotopic (exact) mass is 356 g/mol. The first-order valence-electron chi connectivity index (χ1n) is 9.98. The number of hydrogen-bond acceptors (Lipinski definition) is 3. The number of fused-ring (bicyclic) bond motifs is 2. The van der Waals surface area contributed by atoms with Crippen LogP contribution < -0.4 is 10.6 Å². The molecule has 2 N–H and O–H groups in total. The first-order valence-corrected chi connectivity index (χ1v) is 9.98. The normalized spacial score (nSPS) is 28.2. The lowest BCUT2D eigenvalue weighted by Gasteiger charge is -2.36. The molecule has 2 saturated carbocycles. The minimum Gasteiger partial charge on any atom is -0.350 e. The van der Waals surface area contributed by atoms with Crippen LogP contribution in [0.2, 0.25) is 0 Å². The summed E-state index contributed by atoms with van der Waals surface area (Å²) < 4.78 is 0. The number of piperidine rings is 1. The van der Waals surface area contributed by atoms with Crippen molar-refractivity contribution >= 4 is 11.9 Å². The van der Waals surface area contributed by atoms with Crippen LogP contribution in [0, 0.1) is 5.92 Å². The second kappa shape index (κ2) is 7.64. The van der Waals surface area contributed by atoms with Crippen LogP contribution in [0.25, 0.3) is 0 Å². The van der Waals surface area contributed by atoms with Gasteiger partial charge in [-0.05, 0) is 55.7 Å². The Morgan fingerprint density at radius 2 is 1.85 bits per heavy atom. The van der Waals surface area contributed by atoms with Crippen LogP contribution in [0.1, 0.15) is 56.9 Å². The van der Waals surface area contributed by atoms with Gasteiger partial charge in [-0.1, -0.05) is 19.3 Å². The first-order chi connectivity index (χ1) is 12.7. The number of amides is 3. The van der Waals surface area contributed by atoms with Crippen molar-refractivity contribution in [1.82, 2.24) is 20.5 Å². The fourth-order valence-electron chi connectivity index (χ4n) is 4.91. The van der Waals surface area contributed by atoms with E-state index in [0.29, 0.717) is 12.5 Å². The van der Waals surface area contributed by atoms with Crippen LogP contribution in [0.15, 0.2) is 24.5 Å². The van der Waals surface area contributed by atoms with Crippen molar-refractivity contribution in [3.8, 4) is 0 Å². The van der Waals surface area contributed by atoms with Gasteiger partial charge in [0.2, 0.25) is 5.91 Å². The molecule has 140 valence electrons. The standard InChI is InChI=1S/C20H28N4O2/c25-19(22-13-14-8-10-21-11-9-14)18-15-6-7-17(12-15)24(18)20(26)23-16-4-2-1-3-5-16/h8-11,15-18H,1-7,12-13H2,(H,22,25)(H,23,26). The van der Waals surface area contributed by atoms with Crippen LogP contribution in [-0.4, -0.2) is 39.9 Å². The highest BCUT2D eigenvalue weighted by molar-refractivity contribution is 5.88. The lowest BCUT2D eigenvalue weighted by molar-refractivity contribution is -0.127. The molecule has 26 heavy (non-hydrogen) atoms. The smallest absolute Gasteiger partial charge is 0.318 e. The zero-order chi connectivity index (χ0) is 17.9. The second-order valence-corrected chi connectivity index (χ2v) is 7.94. The summed E-state index contributed by atoms with van der Waals surface area (Å²) in [7, 11) is 0. The minimum absolute atomic E-state index is 0.0205. The van der Waals surface area contributed by atoms with Crippen LogP contribution in [0.5, 0.6) is 0 Å². The van der Waals surface area contributed by atoms with Crippen molar-refractivity contribution in [3.63, 3.8) is 0 Å². The summed E-state index contributed by atoms with van der Waals surface area (Å²) in [5.41, 5.74) is 1.02. The predicted octanol–water partition coefficient (Wildman–Crippen LogP) is 2.59. The number of carbonyl (C=O) groups excluding carboxylic acids is 2. The molecule has 1 aliphatic heterocycles. The maximum Gasteiger partial charge on any atom is 0.318 e. The Balaban J connectivity index is 1.39. The summed E-state index contributed by atoms with van der Waals surface area (Å²) in [5.74, 6) is 0.280. The van der Waals surface area contributed by atoms with Crippen LogP contribution in [0.4, 0.5) is 4.79 Å². The van der Waals surface area contributed by atoms with Crippen LogP contribution in [0.3, 0.4) is 0 Å². The highest BCUT2D eigenvalue weighted by Crippen LogP contribution is 2.42. The molecule has 2 aliphatic carbocycles. The molecular formula is C20H28N4O2. The van der Waals surface area contributed by atoms with E-state index in [2.05, 4.69) is 15.6 Å². The van der Waals surface area contributed by atoms with E-state index < -0.39 is 0 Å². The summed E-state index contributed by atoms with van der Waals surface area (Å²) in [6, 6.07) is 3.94. The summed E-state index contributed by atoms with van der Waals surface area (Å²) in [6.07, 6.45) is 12.2. The van der Waals surface area contributed by atoms with E-state index in [9.17, 15) is 9.59 Å². The van der Waals surface area contributed by atoms with Crippen molar-refractivity contribution in [3.05, 3.63) is 30.1 Å². The van der Waals surface area contributed by atoms with E-state index in [1.54, 1.807) is 12.4 Å². The number of pyridine rings is 1. The van der Waals surface area contributed by atoms with Crippen molar-refractivity contribution in [2.75, 3.05) is 0 Å². The van der Waals surface area contributed by atoms with Crippen LogP contribution in [-0.2, 0) is 11.3 Å². The number of nitrogens with zero attached hydrogens (tertiary/aromatic N) is 2. The molecule has 1 aromatic heterocycles. The third-order valence-corrected chi connectivity index (χ3v) is 6.24. The molecule has 0 aromatic carbocycles. The maximum atomic E-state index is 12.9. The quantitative estimate of drug-likeness (QED) is 0.871. The molecule has 3 aliphatic rings. The van der Waals surface area contributed by atoms with E-state index >= 15 is 0 Å². The molecule has 0 radical (unpaired) electrons. The van der Waals surface area contributed by atoms with Gasteiger partial charge in [-0.2, -0.15) is 0 Å². The van der Waals surface area contributed by atoms with Gasteiger partial charge >= 0.3 is 6.03 Å². The fourth-order valence-corrected chi connectivity index (χ4v) is 4.91. The Labute approximate surface area is 154 Å². The molecule has 1 saturated heterocycles. The largest absolute Gasteiger partial charge is 0.350 e. The molecule has 3 fully saturated rings. The molecule has 0 spiro atoms. The molecule has 1 aromatic rings. The lowest BCUT2D eigenvalue weighted by atomic mass is 9.95. The summed E-state index contributed by atoms with van der Waals surface area (Å²) in [4.78, 5) is 31.6. The van der Waals surface area contributed by atoms with E-state index in [-0.39, 0.29) is 30.1 Å². The number of carbonyl (C=O) groups is 2. The third-order valence-electron chi connectivity index (χ3n) is 6.24. The number of aromatic nitrogens is 1. The Morgan fingerprint density at radius 1 is 1.08 bits per heavy atom. The lowest BCUT2D eigenvalue weighted by Crippen LogP contribution is -2.57. The number of rotatable bonds is 4. The fraction of sp³-hybridized carbons (Fsp3) is 0.650. The Kier molecular flexibility index (Phi) is 5.09. The summed E-state index contributed by atoms with van der Waals surface area (Å²) >= 11 is 0. The highest BCUT2D eigenvalue weighted by atomic mass is 16.2. The maximum absolute atomic E-state index is 12.9. The van der Waals surface area contributed by atoms with Crippen molar-refractivity contribution in [2.45, 2.75) is 76.0 Å². The second-order valence-electron chi connectivity index (χ2n) is 7.94. The summed E-state index contributed by atoms with van der Waals surface area (Å²) in [6.45, 7) is 0.479. The van der Waals surface area contributed by atoms with E-state index in [0.717, 1.165) is 37.7 Å². The minimum atomic E-state index is -0.320. The molecule has 6 heteroatoms. The highest BCUT2D eigenvalue weighted by Gasteiger charge is 2.51. The summed E-state index contributed by atoms with van der Waals surface area (Å²) in [5, 5.41) is 6.23. The molecule has 3 amide bonds. The molecule has 6 nitrogen and oxygen atoms in total. The Hall–Kier alpha value is -2.11. The molecule has 3 unspecified atom stereocenters. The number of urea groups is 1. The van der Waals surface area contributed by atoms with Gasteiger partial charge in [0.05, 0.1) is 0 Å². The van der Waals surface area contributed by atoms with Gasteiger partial charge in [0.1, 0.15) is 6.04 Å².